The van der Waals surface area contributed by atoms with Gasteiger partial charge in [-0.25, -0.2) is 4.79 Å². The fourth-order valence-electron chi connectivity index (χ4n) is 4.79. The molecule has 0 bridgehead atoms. The molecule has 0 heterocycles. The lowest BCUT2D eigenvalue weighted by Crippen LogP contribution is -2.07. The van der Waals surface area contributed by atoms with Gasteiger partial charge in [-0.3, -0.25) is 4.79 Å². The van der Waals surface area contributed by atoms with Crippen LogP contribution in [0.15, 0.2) is 72.8 Å². The molecular formula is C33H40O5S. The molecule has 3 rings (SSSR count). The monoisotopic (exact) mass is 548 g/mol. The van der Waals surface area contributed by atoms with Crippen molar-refractivity contribution >= 4 is 23.7 Å². The van der Waals surface area contributed by atoms with E-state index in [2.05, 4.69) is 42.5 Å². The number of aliphatic carboxylic acids is 1. The number of esters is 1. The third-order valence-electron chi connectivity index (χ3n) is 6.91. The number of aryl methyl sites for hydroxylation is 2. The highest BCUT2D eigenvalue weighted by atomic mass is 32.2. The van der Waals surface area contributed by atoms with Gasteiger partial charge in [-0.15, -0.1) is 11.8 Å². The quantitative estimate of drug-likeness (QED) is 0.136. The van der Waals surface area contributed by atoms with Gasteiger partial charge in [-0.1, -0.05) is 86.3 Å². The van der Waals surface area contributed by atoms with Gasteiger partial charge >= 0.3 is 11.9 Å². The van der Waals surface area contributed by atoms with Crippen molar-refractivity contribution in [3.63, 3.8) is 0 Å². The lowest BCUT2D eigenvalue weighted by molar-refractivity contribution is -0.137. The van der Waals surface area contributed by atoms with E-state index in [4.69, 9.17) is 9.47 Å². The van der Waals surface area contributed by atoms with Gasteiger partial charge in [0.2, 0.25) is 0 Å². The highest BCUT2D eigenvalue weighted by Crippen LogP contribution is 2.38. The Morgan fingerprint density at radius 1 is 0.795 bits per heavy atom. The molecule has 0 saturated heterocycles. The van der Waals surface area contributed by atoms with Crippen molar-refractivity contribution in [2.75, 3.05) is 14.2 Å². The van der Waals surface area contributed by atoms with E-state index in [-0.39, 0.29) is 11.7 Å². The highest BCUT2D eigenvalue weighted by molar-refractivity contribution is 7.98. The summed E-state index contributed by atoms with van der Waals surface area (Å²) in [5.41, 5.74) is 5.08. The molecule has 0 amide bonds. The third-order valence-corrected chi connectivity index (χ3v) is 8.22. The van der Waals surface area contributed by atoms with Crippen molar-refractivity contribution in [3.8, 4) is 5.75 Å². The van der Waals surface area contributed by atoms with E-state index >= 15 is 0 Å². The zero-order valence-corrected chi connectivity index (χ0v) is 23.9. The maximum Gasteiger partial charge on any atom is 0.337 e. The molecule has 1 unspecified atom stereocenters. The first kappa shape index (κ1) is 30.3. The first-order valence-electron chi connectivity index (χ1n) is 13.7. The van der Waals surface area contributed by atoms with Crippen LogP contribution < -0.4 is 4.74 Å². The molecule has 0 aromatic heterocycles. The molecule has 208 valence electrons. The summed E-state index contributed by atoms with van der Waals surface area (Å²) in [7, 11) is 2.91. The number of unbranched alkanes of at least 4 members (excludes halogenated alkanes) is 5. The standard InChI is InChI=1S/C33H40O5S/c1-37-30-22-27(33(36)38-2)20-21-28(30)24-39-31(23-32(34)35)29-19-13-12-18-26(29)17-11-6-4-3-5-8-14-25-15-9-7-10-16-25/h7,9-10,12-13,15-16,18-22,31H,3-6,8,11,14,17,23-24H2,1-2H3,(H,34,35). The van der Waals surface area contributed by atoms with Crippen molar-refractivity contribution in [3.05, 3.63) is 101 Å². The van der Waals surface area contributed by atoms with Gasteiger partial charge in [0.1, 0.15) is 5.75 Å². The van der Waals surface area contributed by atoms with Gasteiger partial charge in [0.25, 0.3) is 0 Å². The van der Waals surface area contributed by atoms with Crippen LogP contribution >= 0.6 is 11.8 Å². The smallest absolute Gasteiger partial charge is 0.337 e. The number of thioether (sulfide) groups is 1. The predicted octanol–water partition coefficient (Wildman–Crippen LogP) is 8.06. The van der Waals surface area contributed by atoms with Crippen LogP contribution in [0.4, 0.5) is 0 Å². The van der Waals surface area contributed by atoms with Crippen LogP contribution in [0.25, 0.3) is 0 Å². The Bertz CT molecular complexity index is 1180. The van der Waals surface area contributed by atoms with Crippen LogP contribution in [0.5, 0.6) is 5.75 Å². The van der Waals surface area contributed by atoms with E-state index < -0.39 is 11.9 Å². The zero-order chi connectivity index (χ0) is 27.9. The van der Waals surface area contributed by atoms with Gasteiger partial charge in [0, 0.05) is 16.6 Å². The second-order valence-corrected chi connectivity index (χ2v) is 10.9. The number of hydrogen-bond donors (Lipinski definition) is 1. The van der Waals surface area contributed by atoms with Gasteiger partial charge in [-0.05, 0) is 54.5 Å². The average Bonchev–Trinajstić information content (AvgIpc) is 2.96. The van der Waals surface area contributed by atoms with Crippen LogP contribution in [-0.2, 0) is 28.1 Å². The lowest BCUT2D eigenvalue weighted by atomic mass is 9.97. The fourth-order valence-corrected chi connectivity index (χ4v) is 6.08. The largest absolute Gasteiger partial charge is 0.496 e. The average molecular weight is 549 g/mol. The lowest BCUT2D eigenvalue weighted by Gasteiger charge is -2.20. The predicted molar refractivity (Wildman–Crippen MR) is 159 cm³/mol. The first-order valence-corrected chi connectivity index (χ1v) is 14.8. The number of hydrogen-bond acceptors (Lipinski definition) is 5. The number of carboxylic acid groups (broad SMARTS) is 1. The molecule has 0 aliphatic rings. The minimum absolute atomic E-state index is 0.0473. The second kappa shape index (κ2) is 16.7. The molecule has 0 aliphatic heterocycles. The Kier molecular flexibility index (Phi) is 12.9. The Hall–Kier alpha value is -3.25. The Labute approximate surface area is 236 Å². The number of carboxylic acids is 1. The molecule has 0 spiro atoms. The summed E-state index contributed by atoms with van der Waals surface area (Å²) in [6.07, 6.45) is 9.40. The number of carbonyl (C=O) groups is 2. The Morgan fingerprint density at radius 3 is 2.15 bits per heavy atom. The number of carbonyl (C=O) groups excluding carboxylic acids is 1. The Morgan fingerprint density at radius 2 is 1.46 bits per heavy atom. The normalized spacial score (nSPS) is 11.6. The summed E-state index contributed by atoms with van der Waals surface area (Å²) in [6.45, 7) is 0. The third kappa shape index (κ3) is 10.1. The summed E-state index contributed by atoms with van der Waals surface area (Å²) in [5, 5.41) is 9.48. The minimum atomic E-state index is -0.814. The maximum absolute atomic E-state index is 11.9. The van der Waals surface area contributed by atoms with E-state index in [1.807, 2.05) is 18.2 Å². The fraction of sp³-hybridized carbons (Fsp3) is 0.394. The summed E-state index contributed by atoms with van der Waals surface area (Å²) in [5.74, 6) is -0.0698. The molecule has 3 aromatic rings. The second-order valence-electron chi connectivity index (χ2n) is 9.72. The number of benzene rings is 3. The maximum atomic E-state index is 11.9. The molecule has 1 atom stereocenters. The molecule has 3 aromatic carbocycles. The first-order chi connectivity index (χ1) is 19.0. The summed E-state index contributed by atoms with van der Waals surface area (Å²) in [6, 6.07) is 24.1. The van der Waals surface area contributed by atoms with Crippen molar-refractivity contribution in [1.82, 2.24) is 0 Å². The van der Waals surface area contributed by atoms with E-state index in [1.165, 1.54) is 50.3 Å². The molecule has 0 aliphatic carbocycles. The Balaban J connectivity index is 1.53. The van der Waals surface area contributed by atoms with Crippen molar-refractivity contribution in [1.29, 1.82) is 0 Å². The van der Waals surface area contributed by atoms with Gasteiger partial charge < -0.3 is 14.6 Å². The van der Waals surface area contributed by atoms with Crippen molar-refractivity contribution in [2.45, 2.75) is 68.8 Å². The van der Waals surface area contributed by atoms with Gasteiger partial charge in [0.05, 0.1) is 26.2 Å². The number of rotatable bonds is 17. The van der Waals surface area contributed by atoms with Gasteiger partial charge in [-0.2, -0.15) is 0 Å². The topological polar surface area (TPSA) is 72.8 Å². The van der Waals surface area contributed by atoms with Crippen LogP contribution in [0, 0.1) is 0 Å². The van der Waals surface area contributed by atoms with E-state index in [0.29, 0.717) is 17.1 Å². The van der Waals surface area contributed by atoms with Crippen LogP contribution in [0.1, 0.15) is 82.8 Å². The van der Waals surface area contributed by atoms with E-state index in [0.717, 1.165) is 30.4 Å². The van der Waals surface area contributed by atoms with Gasteiger partial charge in [0.15, 0.2) is 0 Å². The summed E-state index contributed by atoms with van der Waals surface area (Å²) < 4.78 is 10.3. The minimum Gasteiger partial charge on any atom is -0.496 e. The molecule has 0 saturated carbocycles. The highest BCUT2D eigenvalue weighted by Gasteiger charge is 2.20. The SMILES string of the molecule is COC(=O)c1ccc(CSC(CC(=O)O)c2ccccc2CCCCCCCCc2ccccc2)c(OC)c1. The summed E-state index contributed by atoms with van der Waals surface area (Å²) >= 11 is 1.59. The van der Waals surface area contributed by atoms with Crippen LogP contribution in [-0.4, -0.2) is 31.3 Å². The number of ether oxygens (including phenoxy) is 2. The zero-order valence-electron chi connectivity index (χ0n) is 23.1. The molecular weight excluding hydrogens is 508 g/mol. The molecule has 6 heteroatoms. The van der Waals surface area contributed by atoms with E-state index in [1.54, 1.807) is 31.0 Å². The van der Waals surface area contributed by atoms with E-state index in [9.17, 15) is 14.7 Å². The molecule has 0 radical (unpaired) electrons. The molecule has 5 nitrogen and oxygen atoms in total. The molecule has 39 heavy (non-hydrogen) atoms. The van der Waals surface area contributed by atoms with Crippen molar-refractivity contribution < 1.29 is 24.2 Å². The van der Waals surface area contributed by atoms with Crippen LogP contribution in [0.2, 0.25) is 0 Å². The van der Waals surface area contributed by atoms with Crippen LogP contribution in [0.3, 0.4) is 0 Å². The number of methoxy groups -OCH3 is 2. The van der Waals surface area contributed by atoms with Crippen molar-refractivity contribution in [2.24, 2.45) is 0 Å². The summed E-state index contributed by atoms with van der Waals surface area (Å²) in [4.78, 5) is 23.7. The molecule has 1 N–H and O–H groups in total. The molecule has 0 fully saturated rings.